The van der Waals surface area contributed by atoms with Gasteiger partial charge in [0, 0.05) is 20.0 Å². The lowest BCUT2D eigenvalue weighted by Crippen LogP contribution is -2.20. The number of ether oxygens (including phenoxy) is 2. The summed E-state index contributed by atoms with van der Waals surface area (Å²) in [4.78, 5) is 21.5. The maximum absolute atomic E-state index is 12.9. The average molecular weight is 290 g/mol. The average Bonchev–Trinajstić information content (AvgIpc) is 2.34. The number of hydrogen-bond acceptors (Lipinski definition) is 6. The number of hydrogen-bond donors (Lipinski definition) is 1. The first kappa shape index (κ1) is 15.6. The van der Waals surface area contributed by atoms with E-state index in [1.54, 1.807) is 0 Å². The van der Waals surface area contributed by atoms with Gasteiger partial charge in [-0.05, 0) is 6.07 Å². The highest BCUT2D eigenvalue weighted by Gasteiger charge is 2.31. The van der Waals surface area contributed by atoms with Crippen molar-refractivity contribution in [3.05, 3.63) is 27.8 Å². The van der Waals surface area contributed by atoms with E-state index >= 15 is 0 Å². The summed E-state index contributed by atoms with van der Waals surface area (Å²) in [6.45, 7) is 0.431. The Bertz CT molecular complexity index is 542. The molecule has 0 unspecified atom stereocenters. The zero-order valence-electron chi connectivity index (χ0n) is 10.9. The minimum absolute atomic E-state index is 0.142. The largest absolute Gasteiger partial charge is 0.465 e. The van der Waals surface area contributed by atoms with Gasteiger partial charge in [-0.25, -0.2) is 4.79 Å². The lowest BCUT2D eigenvalue weighted by molar-refractivity contribution is -0.386. The number of carbonyl (C=O) groups is 1. The van der Waals surface area contributed by atoms with Gasteiger partial charge in [-0.1, -0.05) is 0 Å². The summed E-state index contributed by atoms with van der Waals surface area (Å²) < 4.78 is 34.5. The lowest BCUT2D eigenvalue weighted by Gasteiger charge is -2.15. The van der Waals surface area contributed by atoms with Gasteiger partial charge in [-0.2, -0.15) is 8.78 Å². The molecule has 1 N–H and O–H groups in total. The van der Waals surface area contributed by atoms with Gasteiger partial charge in [0.25, 0.3) is 0 Å². The molecule has 1 aromatic rings. The second-order valence-corrected chi connectivity index (χ2v) is 3.78. The molecule has 0 spiro atoms. The van der Waals surface area contributed by atoms with Crippen LogP contribution in [0, 0.1) is 10.1 Å². The number of methoxy groups -OCH3 is 1. The topological polar surface area (TPSA) is 90.7 Å². The van der Waals surface area contributed by atoms with Gasteiger partial charge in [0.1, 0.15) is 5.69 Å². The predicted octanol–water partition coefficient (Wildman–Crippen LogP) is 2.41. The van der Waals surface area contributed by atoms with Crippen molar-refractivity contribution in [3.8, 4) is 5.75 Å². The molecule has 1 aromatic carbocycles. The van der Waals surface area contributed by atoms with Crippen LogP contribution in [0.5, 0.6) is 5.75 Å². The molecule has 0 saturated heterocycles. The fraction of sp³-hybridized carbons (Fsp3) is 0.364. The number of esters is 1. The number of halogens is 2. The van der Waals surface area contributed by atoms with Crippen LogP contribution in [0.15, 0.2) is 12.1 Å². The van der Waals surface area contributed by atoms with E-state index in [0.29, 0.717) is 6.92 Å². The zero-order chi connectivity index (χ0) is 15.5. The SMILES string of the molecule is CNc1cc(C(=O)OC)cc(OC(C)(F)F)c1[N+](=O)[O-]. The molecule has 0 radical (unpaired) electrons. The highest BCUT2D eigenvalue weighted by atomic mass is 19.3. The van der Waals surface area contributed by atoms with Gasteiger partial charge in [0.2, 0.25) is 5.75 Å². The Kier molecular flexibility index (Phi) is 4.43. The summed E-state index contributed by atoms with van der Waals surface area (Å²) in [7, 11) is 2.44. The van der Waals surface area contributed by atoms with Crippen LogP contribution in [-0.2, 0) is 4.74 Å². The van der Waals surface area contributed by atoms with E-state index < -0.39 is 28.4 Å². The first-order chi connectivity index (χ1) is 9.19. The molecule has 20 heavy (non-hydrogen) atoms. The van der Waals surface area contributed by atoms with Gasteiger partial charge in [-0.15, -0.1) is 0 Å². The molecule has 0 fully saturated rings. The van der Waals surface area contributed by atoms with Gasteiger partial charge in [0.15, 0.2) is 0 Å². The van der Waals surface area contributed by atoms with Crippen molar-refractivity contribution < 1.29 is 28.0 Å². The van der Waals surface area contributed by atoms with Crippen LogP contribution in [0.25, 0.3) is 0 Å². The standard InChI is InChI=1S/C11H12F2N2O5/c1-11(12,13)20-8-5-6(10(16)19-3)4-7(14-2)9(8)15(17)18/h4-5,14H,1-3H3. The van der Waals surface area contributed by atoms with E-state index in [9.17, 15) is 23.7 Å². The molecule has 0 aliphatic rings. The van der Waals surface area contributed by atoms with Crippen molar-refractivity contribution in [1.29, 1.82) is 0 Å². The molecule has 0 bridgehead atoms. The first-order valence-electron chi connectivity index (χ1n) is 5.35. The van der Waals surface area contributed by atoms with E-state index in [4.69, 9.17) is 0 Å². The Morgan fingerprint density at radius 1 is 1.45 bits per heavy atom. The van der Waals surface area contributed by atoms with E-state index in [1.807, 2.05) is 0 Å². The minimum atomic E-state index is -3.63. The smallest absolute Gasteiger partial charge is 0.395 e. The van der Waals surface area contributed by atoms with Gasteiger partial charge in [-0.3, -0.25) is 10.1 Å². The molecule has 1 rings (SSSR count). The van der Waals surface area contributed by atoms with Crippen molar-refractivity contribution in [3.63, 3.8) is 0 Å². The number of rotatable bonds is 5. The Morgan fingerprint density at radius 3 is 2.45 bits per heavy atom. The number of nitrogens with one attached hydrogen (secondary N) is 1. The van der Waals surface area contributed by atoms with Crippen molar-refractivity contribution in [1.82, 2.24) is 0 Å². The molecule has 0 amide bonds. The van der Waals surface area contributed by atoms with E-state index in [2.05, 4.69) is 14.8 Å². The maximum Gasteiger partial charge on any atom is 0.395 e. The molecule has 0 aliphatic heterocycles. The van der Waals surface area contributed by atoms with E-state index in [1.165, 1.54) is 7.05 Å². The second-order valence-electron chi connectivity index (χ2n) is 3.78. The highest BCUT2D eigenvalue weighted by molar-refractivity contribution is 5.93. The van der Waals surface area contributed by atoms with Gasteiger partial charge >= 0.3 is 17.8 Å². The lowest BCUT2D eigenvalue weighted by atomic mass is 10.1. The van der Waals surface area contributed by atoms with Crippen molar-refractivity contribution in [2.24, 2.45) is 0 Å². The predicted molar refractivity (Wildman–Crippen MR) is 65.2 cm³/mol. The molecular weight excluding hydrogens is 278 g/mol. The van der Waals surface area contributed by atoms with E-state index in [0.717, 1.165) is 19.2 Å². The molecule has 0 saturated carbocycles. The summed E-state index contributed by atoms with van der Waals surface area (Å²) in [5.74, 6) is -1.56. The third kappa shape index (κ3) is 3.53. The summed E-state index contributed by atoms with van der Waals surface area (Å²) in [5.41, 5.74) is -0.986. The fourth-order valence-electron chi connectivity index (χ4n) is 1.49. The van der Waals surface area contributed by atoms with Crippen molar-refractivity contribution >= 4 is 17.3 Å². The Morgan fingerprint density at radius 2 is 2.05 bits per heavy atom. The Labute approximate surface area is 112 Å². The number of nitro benzene ring substituents is 1. The summed E-state index contributed by atoms with van der Waals surface area (Å²) in [6, 6.07) is 1.95. The maximum atomic E-state index is 12.9. The third-order valence-corrected chi connectivity index (χ3v) is 2.24. The van der Waals surface area contributed by atoms with Crippen LogP contribution < -0.4 is 10.1 Å². The monoisotopic (exact) mass is 290 g/mol. The quantitative estimate of drug-likeness (QED) is 0.508. The number of anilines is 1. The number of nitrogens with zero attached hydrogens (tertiary/aromatic N) is 1. The molecular formula is C11H12F2N2O5. The second kappa shape index (κ2) is 5.68. The van der Waals surface area contributed by atoms with Crippen LogP contribution in [0.4, 0.5) is 20.2 Å². The molecule has 9 heteroatoms. The third-order valence-electron chi connectivity index (χ3n) is 2.24. The fourth-order valence-corrected chi connectivity index (χ4v) is 1.49. The van der Waals surface area contributed by atoms with Crippen molar-refractivity contribution in [2.75, 3.05) is 19.5 Å². The van der Waals surface area contributed by atoms with E-state index in [-0.39, 0.29) is 11.3 Å². The van der Waals surface area contributed by atoms with Gasteiger partial charge < -0.3 is 14.8 Å². The van der Waals surface area contributed by atoms with Gasteiger partial charge in [0.05, 0.1) is 17.6 Å². The first-order valence-corrected chi connectivity index (χ1v) is 5.35. The number of nitro groups is 1. The Balaban J connectivity index is 3.49. The summed E-state index contributed by atoms with van der Waals surface area (Å²) >= 11 is 0. The zero-order valence-corrected chi connectivity index (χ0v) is 10.9. The van der Waals surface area contributed by atoms with Crippen LogP contribution in [0.3, 0.4) is 0 Å². The molecule has 0 aliphatic carbocycles. The molecule has 110 valence electrons. The highest BCUT2D eigenvalue weighted by Crippen LogP contribution is 2.38. The molecule has 7 nitrogen and oxygen atoms in total. The Hall–Kier alpha value is -2.45. The minimum Gasteiger partial charge on any atom is -0.465 e. The number of carbonyl (C=O) groups excluding carboxylic acids is 1. The van der Waals surface area contributed by atoms with Crippen LogP contribution in [0.1, 0.15) is 17.3 Å². The summed E-state index contributed by atoms with van der Waals surface area (Å²) in [6.07, 6.45) is -3.63. The normalized spacial score (nSPS) is 10.8. The van der Waals surface area contributed by atoms with Crippen LogP contribution >= 0.6 is 0 Å². The molecule has 0 aromatic heterocycles. The number of benzene rings is 1. The van der Waals surface area contributed by atoms with Crippen LogP contribution in [-0.4, -0.2) is 31.2 Å². The molecule has 0 heterocycles. The number of alkyl halides is 2. The van der Waals surface area contributed by atoms with Crippen molar-refractivity contribution in [2.45, 2.75) is 13.0 Å². The molecule has 0 atom stereocenters. The van der Waals surface area contributed by atoms with Crippen LogP contribution in [0.2, 0.25) is 0 Å². The summed E-state index contributed by atoms with van der Waals surface area (Å²) in [5, 5.41) is 13.4.